The third-order valence-corrected chi connectivity index (χ3v) is 7.59. The Morgan fingerprint density at radius 1 is 1.18 bits per heavy atom. The summed E-state index contributed by atoms with van der Waals surface area (Å²) < 4.78 is 0. The second-order valence-electron chi connectivity index (χ2n) is 8.36. The predicted octanol–water partition coefficient (Wildman–Crippen LogP) is 3.05. The van der Waals surface area contributed by atoms with E-state index in [-0.39, 0.29) is 30.0 Å². The molecule has 4 aliphatic carbocycles. The molecule has 8 atom stereocenters. The van der Waals surface area contributed by atoms with Gasteiger partial charge in [0, 0.05) is 6.61 Å². The number of aliphatic hydroxyl groups excluding tert-OH is 3. The molecule has 3 heteroatoms. The molecule has 0 heterocycles. The lowest BCUT2D eigenvalue weighted by atomic mass is 9.50. The molecule has 0 spiro atoms. The molecular weight excluding hydrogens is 276 g/mol. The van der Waals surface area contributed by atoms with Crippen molar-refractivity contribution in [1.29, 1.82) is 0 Å². The third kappa shape index (κ3) is 1.94. The van der Waals surface area contributed by atoms with Gasteiger partial charge in [0.05, 0.1) is 6.10 Å². The van der Waals surface area contributed by atoms with Crippen molar-refractivity contribution in [3.8, 4) is 0 Å². The second kappa shape index (κ2) is 5.10. The Bertz CT molecular complexity index is 511. The highest BCUT2D eigenvalue weighted by Crippen LogP contribution is 2.62. The third-order valence-electron chi connectivity index (χ3n) is 7.59. The topological polar surface area (TPSA) is 60.7 Å². The fourth-order valence-electron chi connectivity index (χ4n) is 6.39. The van der Waals surface area contributed by atoms with E-state index in [0.29, 0.717) is 29.4 Å². The van der Waals surface area contributed by atoms with Crippen LogP contribution in [0.5, 0.6) is 0 Å². The van der Waals surface area contributed by atoms with Crippen molar-refractivity contribution in [2.75, 3.05) is 6.61 Å². The lowest BCUT2D eigenvalue weighted by Crippen LogP contribution is -2.50. The SMILES string of the molecule is C[C@]12CCC3C4C=CC(O)=CC4[C@@H](CO)CC3C1CC[C@@H]2O. The second-order valence-corrected chi connectivity index (χ2v) is 8.36. The van der Waals surface area contributed by atoms with Crippen molar-refractivity contribution >= 4 is 0 Å². The standard InChI is InChI=1S/C19H28O3/c1-19-7-6-14-13-3-2-12(21)9-15(13)11(10-20)8-16(14)17(19)4-5-18(19)22/h2-3,9,11,13-18,20-22H,4-8,10H2,1H3/t11-,13?,14?,15?,16?,17?,18+,19+/m1/s1. The summed E-state index contributed by atoms with van der Waals surface area (Å²) in [6, 6.07) is 0. The van der Waals surface area contributed by atoms with E-state index in [2.05, 4.69) is 13.0 Å². The molecule has 3 N–H and O–H groups in total. The molecule has 5 unspecified atom stereocenters. The number of fused-ring (bicyclic) bond motifs is 5. The zero-order chi connectivity index (χ0) is 15.5. The van der Waals surface area contributed by atoms with Crippen LogP contribution in [0.15, 0.2) is 24.0 Å². The average molecular weight is 304 g/mol. The van der Waals surface area contributed by atoms with Gasteiger partial charge in [-0.1, -0.05) is 13.0 Å². The van der Waals surface area contributed by atoms with E-state index in [9.17, 15) is 15.3 Å². The van der Waals surface area contributed by atoms with E-state index in [1.807, 2.05) is 12.2 Å². The monoisotopic (exact) mass is 304 g/mol. The van der Waals surface area contributed by atoms with Gasteiger partial charge in [0.15, 0.2) is 0 Å². The van der Waals surface area contributed by atoms with Crippen LogP contribution in [0.3, 0.4) is 0 Å². The summed E-state index contributed by atoms with van der Waals surface area (Å²) in [5.74, 6) is 3.21. The molecule has 22 heavy (non-hydrogen) atoms. The smallest absolute Gasteiger partial charge is 0.111 e. The molecule has 0 aliphatic heterocycles. The van der Waals surface area contributed by atoms with Crippen LogP contribution >= 0.6 is 0 Å². The Morgan fingerprint density at radius 2 is 2.00 bits per heavy atom. The first-order valence-corrected chi connectivity index (χ1v) is 8.92. The Morgan fingerprint density at radius 3 is 2.77 bits per heavy atom. The lowest BCUT2D eigenvalue weighted by Gasteiger charge is -2.55. The number of hydrogen-bond donors (Lipinski definition) is 3. The van der Waals surface area contributed by atoms with Gasteiger partial charge in [0.2, 0.25) is 0 Å². The first-order chi connectivity index (χ1) is 10.5. The highest BCUT2D eigenvalue weighted by Gasteiger charge is 2.57. The minimum Gasteiger partial charge on any atom is -0.508 e. The molecule has 122 valence electrons. The highest BCUT2D eigenvalue weighted by molar-refractivity contribution is 5.24. The normalized spacial score (nSPS) is 53.4. The van der Waals surface area contributed by atoms with Crippen LogP contribution in [0.2, 0.25) is 0 Å². The summed E-state index contributed by atoms with van der Waals surface area (Å²) in [5, 5.41) is 30.2. The Balaban J connectivity index is 1.67. The number of rotatable bonds is 1. The molecule has 3 nitrogen and oxygen atoms in total. The number of hydrogen-bond acceptors (Lipinski definition) is 3. The van der Waals surface area contributed by atoms with Crippen LogP contribution in [-0.4, -0.2) is 28.0 Å². The molecule has 4 aliphatic rings. The molecule has 0 aromatic carbocycles. The largest absolute Gasteiger partial charge is 0.508 e. The summed E-state index contributed by atoms with van der Waals surface area (Å²) in [7, 11) is 0. The van der Waals surface area contributed by atoms with E-state index in [1.165, 1.54) is 6.42 Å². The average Bonchev–Trinajstić information content (AvgIpc) is 2.82. The van der Waals surface area contributed by atoms with Crippen LogP contribution in [0.1, 0.15) is 39.0 Å². The van der Waals surface area contributed by atoms with Crippen LogP contribution in [-0.2, 0) is 0 Å². The molecule has 0 aromatic heterocycles. The van der Waals surface area contributed by atoms with Crippen molar-refractivity contribution in [3.63, 3.8) is 0 Å². The summed E-state index contributed by atoms with van der Waals surface area (Å²) in [5.41, 5.74) is 0.0877. The zero-order valence-corrected chi connectivity index (χ0v) is 13.4. The minimum atomic E-state index is -0.144. The predicted molar refractivity (Wildman–Crippen MR) is 85.1 cm³/mol. The minimum absolute atomic E-state index is 0.0877. The quantitative estimate of drug-likeness (QED) is 0.698. The van der Waals surface area contributed by atoms with Gasteiger partial charge in [-0.3, -0.25) is 0 Å². The molecule has 0 bridgehead atoms. The zero-order valence-electron chi connectivity index (χ0n) is 13.4. The van der Waals surface area contributed by atoms with Crippen LogP contribution in [0.25, 0.3) is 0 Å². The Hall–Kier alpha value is -0.800. The highest BCUT2D eigenvalue weighted by atomic mass is 16.3. The van der Waals surface area contributed by atoms with Crippen molar-refractivity contribution in [1.82, 2.24) is 0 Å². The number of allylic oxidation sites excluding steroid dienone is 3. The van der Waals surface area contributed by atoms with Crippen LogP contribution in [0.4, 0.5) is 0 Å². The van der Waals surface area contributed by atoms with Gasteiger partial charge in [0.25, 0.3) is 0 Å². The fourth-order valence-corrected chi connectivity index (χ4v) is 6.39. The molecule has 0 saturated heterocycles. The van der Waals surface area contributed by atoms with E-state index >= 15 is 0 Å². The summed E-state index contributed by atoms with van der Waals surface area (Å²) >= 11 is 0. The maximum Gasteiger partial charge on any atom is 0.111 e. The van der Waals surface area contributed by atoms with Gasteiger partial charge < -0.3 is 15.3 Å². The maximum absolute atomic E-state index is 10.5. The van der Waals surface area contributed by atoms with Gasteiger partial charge in [-0.15, -0.1) is 0 Å². The van der Waals surface area contributed by atoms with Crippen molar-refractivity contribution in [2.24, 2.45) is 40.9 Å². The van der Waals surface area contributed by atoms with E-state index < -0.39 is 0 Å². The maximum atomic E-state index is 10.5. The Labute approximate surface area is 132 Å². The van der Waals surface area contributed by atoms with Crippen LogP contribution < -0.4 is 0 Å². The molecule has 3 fully saturated rings. The summed E-state index contributed by atoms with van der Waals surface area (Å²) in [6.07, 6.45) is 11.3. The van der Waals surface area contributed by atoms with E-state index in [1.54, 1.807) is 0 Å². The summed E-state index contributed by atoms with van der Waals surface area (Å²) in [6.45, 7) is 2.49. The van der Waals surface area contributed by atoms with Crippen LogP contribution in [0, 0.1) is 40.9 Å². The molecule has 0 amide bonds. The van der Waals surface area contributed by atoms with Gasteiger partial charge in [-0.05, 0) is 85.2 Å². The van der Waals surface area contributed by atoms with Gasteiger partial charge in [0.1, 0.15) is 5.76 Å². The van der Waals surface area contributed by atoms with Gasteiger partial charge in [-0.25, -0.2) is 0 Å². The molecule has 0 aromatic rings. The van der Waals surface area contributed by atoms with E-state index in [4.69, 9.17) is 0 Å². The Kier molecular flexibility index (Phi) is 3.43. The number of aliphatic hydroxyl groups is 3. The molecule has 4 rings (SSSR count). The first kappa shape index (κ1) is 14.8. The first-order valence-electron chi connectivity index (χ1n) is 8.92. The van der Waals surface area contributed by atoms with E-state index in [0.717, 1.165) is 25.7 Å². The molecular formula is C19H28O3. The lowest BCUT2D eigenvalue weighted by molar-refractivity contribution is -0.0804. The fraction of sp³-hybridized carbons (Fsp3) is 0.789. The molecule has 0 radical (unpaired) electrons. The van der Waals surface area contributed by atoms with Gasteiger partial charge in [-0.2, -0.15) is 0 Å². The van der Waals surface area contributed by atoms with Crippen molar-refractivity contribution in [3.05, 3.63) is 24.0 Å². The summed E-state index contributed by atoms with van der Waals surface area (Å²) in [4.78, 5) is 0. The van der Waals surface area contributed by atoms with Gasteiger partial charge >= 0.3 is 0 Å². The molecule has 3 saturated carbocycles. The van der Waals surface area contributed by atoms with Crippen molar-refractivity contribution in [2.45, 2.75) is 45.1 Å². The van der Waals surface area contributed by atoms with Crippen molar-refractivity contribution < 1.29 is 15.3 Å².